The Morgan fingerprint density at radius 2 is 1.73 bits per heavy atom. The highest BCUT2D eigenvalue weighted by Gasteiger charge is 2.34. The van der Waals surface area contributed by atoms with E-state index in [1.54, 1.807) is 0 Å². The highest BCUT2D eigenvalue weighted by molar-refractivity contribution is 6.25. The molecule has 1 unspecified atom stereocenters. The third kappa shape index (κ3) is 2.75. The van der Waals surface area contributed by atoms with Crippen molar-refractivity contribution in [3.8, 4) is 0 Å². The monoisotopic (exact) mass is 415 g/mol. The Bertz CT molecular complexity index is 1290. The first kappa shape index (κ1) is 20.5. The van der Waals surface area contributed by atoms with Crippen LogP contribution in [0.2, 0.25) is 0 Å². The number of pyridine rings is 1. The fourth-order valence-electron chi connectivity index (χ4n) is 4.61. The molecule has 30 heavy (non-hydrogen) atoms. The molecule has 1 atom stereocenters. The standard InChI is InChI=1S/C23H22F3N3.H2O/c1-10(2)20-13-6-5-7-14-17(13)19-18-15(28-20)8-12(23(24,25)26)9-16(18)29-21(11(3)4)22(19)27-14;/h5-11,20,27-28H,1-4H3;1H2. The quantitative estimate of drug-likeness (QED) is 0.403. The van der Waals surface area contributed by atoms with Gasteiger partial charge in [0.05, 0.1) is 28.3 Å². The van der Waals surface area contributed by atoms with Crippen molar-refractivity contribution in [3.63, 3.8) is 0 Å². The van der Waals surface area contributed by atoms with Crippen molar-refractivity contribution in [2.45, 2.75) is 45.8 Å². The van der Waals surface area contributed by atoms with Crippen molar-refractivity contribution in [1.29, 1.82) is 0 Å². The fourth-order valence-corrected chi connectivity index (χ4v) is 4.61. The molecule has 0 bridgehead atoms. The molecule has 1 aliphatic rings. The second kappa shape index (κ2) is 6.60. The first-order chi connectivity index (χ1) is 13.7. The molecular weight excluding hydrogens is 391 g/mol. The maximum atomic E-state index is 13.7. The molecule has 0 radical (unpaired) electrons. The lowest BCUT2D eigenvalue weighted by molar-refractivity contribution is -0.137. The Hall–Kier alpha value is -2.80. The molecule has 2 aromatic heterocycles. The van der Waals surface area contributed by atoms with Gasteiger partial charge >= 0.3 is 6.18 Å². The van der Waals surface area contributed by atoms with Crippen LogP contribution in [-0.4, -0.2) is 15.4 Å². The minimum atomic E-state index is -4.43. The summed E-state index contributed by atoms with van der Waals surface area (Å²) in [6.07, 6.45) is -4.43. The first-order valence-corrected chi connectivity index (χ1v) is 9.92. The van der Waals surface area contributed by atoms with Gasteiger partial charge in [-0.2, -0.15) is 13.2 Å². The van der Waals surface area contributed by atoms with Crippen molar-refractivity contribution in [2.75, 3.05) is 5.32 Å². The summed E-state index contributed by atoms with van der Waals surface area (Å²) in [5, 5.41) is 6.25. The molecule has 0 spiro atoms. The van der Waals surface area contributed by atoms with Gasteiger partial charge in [0, 0.05) is 27.4 Å². The van der Waals surface area contributed by atoms with Gasteiger partial charge in [-0.15, -0.1) is 0 Å². The third-order valence-electron chi connectivity index (χ3n) is 5.91. The van der Waals surface area contributed by atoms with E-state index >= 15 is 0 Å². The van der Waals surface area contributed by atoms with Crippen molar-refractivity contribution < 1.29 is 18.6 Å². The van der Waals surface area contributed by atoms with Crippen LogP contribution in [0.5, 0.6) is 0 Å². The van der Waals surface area contributed by atoms with Crippen molar-refractivity contribution in [3.05, 3.63) is 47.2 Å². The van der Waals surface area contributed by atoms with Crippen LogP contribution in [0.25, 0.3) is 32.7 Å². The van der Waals surface area contributed by atoms with Gasteiger partial charge in [-0.1, -0.05) is 39.8 Å². The predicted octanol–water partition coefficient (Wildman–Crippen LogP) is 6.31. The Morgan fingerprint density at radius 1 is 1.00 bits per heavy atom. The molecule has 0 aliphatic carbocycles. The molecule has 4 aromatic rings. The Balaban J connectivity index is 0.00000218. The Kier molecular flexibility index (Phi) is 4.51. The summed E-state index contributed by atoms with van der Waals surface area (Å²) in [6, 6.07) is 8.42. The van der Waals surface area contributed by atoms with Crippen LogP contribution in [0.4, 0.5) is 18.9 Å². The van der Waals surface area contributed by atoms with Gasteiger partial charge in [0.1, 0.15) is 0 Å². The molecule has 0 saturated heterocycles. The number of rotatable bonds is 2. The molecule has 158 valence electrons. The maximum absolute atomic E-state index is 13.7. The zero-order chi connectivity index (χ0) is 20.7. The van der Waals surface area contributed by atoms with Gasteiger partial charge in [-0.25, -0.2) is 0 Å². The molecule has 2 aromatic carbocycles. The van der Waals surface area contributed by atoms with Gasteiger partial charge in [0.2, 0.25) is 0 Å². The van der Waals surface area contributed by atoms with Crippen LogP contribution < -0.4 is 5.32 Å². The van der Waals surface area contributed by atoms with Gasteiger partial charge in [0.15, 0.2) is 0 Å². The van der Waals surface area contributed by atoms with E-state index in [1.807, 2.05) is 26.0 Å². The summed E-state index contributed by atoms with van der Waals surface area (Å²) >= 11 is 0. The number of aromatic nitrogens is 2. The largest absolute Gasteiger partial charge is 0.416 e. The highest BCUT2D eigenvalue weighted by atomic mass is 19.4. The minimum absolute atomic E-state index is 0. The number of benzene rings is 2. The van der Waals surface area contributed by atoms with Gasteiger partial charge in [0.25, 0.3) is 0 Å². The van der Waals surface area contributed by atoms with E-state index in [0.29, 0.717) is 11.2 Å². The van der Waals surface area contributed by atoms with E-state index in [-0.39, 0.29) is 23.4 Å². The second-order valence-electron chi connectivity index (χ2n) is 8.58. The third-order valence-corrected chi connectivity index (χ3v) is 5.91. The number of H-pyrrole nitrogens is 1. The van der Waals surface area contributed by atoms with Gasteiger partial charge < -0.3 is 15.8 Å². The summed E-state index contributed by atoms with van der Waals surface area (Å²) in [4.78, 5) is 8.22. The van der Waals surface area contributed by atoms with E-state index in [4.69, 9.17) is 4.98 Å². The van der Waals surface area contributed by atoms with Crippen LogP contribution in [0.15, 0.2) is 30.3 Å². The summed E-state index contributed by atoms with van der Waals surface area (Å²) in [7, 11) is 0. The first-order valence-electron chi connectivity index (χ1n) is 9.92. The number of hydrogen-bond donors (Lipinski definition) is 2. The lowest BCUT2D eigenvalue weighted by Crippen LogP contribution is -2.17. The molecule has 0 amide bonds. The van der Waals surface area contributed by atoms with Crippen LogP contribution in [0, 0.1) is 5.92 Å². The topological polar surface area (TPSA) is 72.2 Å². The van der Waals surface area contributed by atoms with Crippen molar-refractivity contribution in [1.82, 2.24) is 9.97 Å². The number of nitrogens with zero attached hydrogens (tertiary/aromatic N) is 1. The summed E-state index contributed by atoms with van der Waals surface area (Å²) in [6.45, 7) is 8.20. The normalized spacial score (nSPS) is 16.1. The Morgan fingerprint density at radius 3 is 2.37 bits per heavy atom. The van der Waals surface area contributed by atoms with Crippen LogP contribution in [-0.2, 0) is 6.18 Å². The number of halogens is 3. The average Bonchev–Trinajstić information content (AvgIpc) is 2.95. The summed E-state index contributed by atoms with van der Waals surface area (Å²) in [5.41, 5.74) is 4.03. The van der Waals surface area contributed by atoms with Crippen molar-refractivity contribution in [2.24, 2.45) is 5.92 Å². The zero-order valence-electron chi connectivity index (χ0n) is 17.2. The molecule has 0 fully saturated rings. The minimum Gasteiger partial charge on any atom is -0.412 e. The predicted molar refractivity (Wildman–Crippen MR) is 115 cm³/mol. The lowest BCUT2D eigenvalue weighted by Gasteiger charge is -2.24. The molecule has 3 heterocycles. The second-order valence-corrected chi connectivity index (χ2v) is 8.58. The van der Waals surface area contributed by atoms with E-state index in [1.165, 1.54) is 12.1 Å². The van der Waals surface area contributed by atoms with E-state index in [2.05, 4.69) is 30.2 Å². The summed E-state index contributed by atoms with van der Waals surface area (Å²) < 4.78 is 41.0. The molecular formula is C23H24F3N3O. The van der Waals surface area contributed by atoms with E-state index in [0.717, 1.165) is 38.4 Å². The van der Waals surface area contributed by atoms with E-state index in [9.17, 15) is 13.2 Å². The fraction of sp³-hybridized carbons (Fsp3) is 0.348. The number of aromatic amines is 1. The SMILES string of the molecule is CC(C)c1nc2cc(C(F)(F)F)cc3c2c2c1[nH]c1cccc(c12)C(C(C)C)N3.O. The highest BCUT2D eigenvalue weighted by Crippen LogP contribution is 2.47. The smallest absolute Gasteiger partial charge is 0.412 e. The molecule has 0 saturated carbocycles. The van der Waals surface area contributed by atoms with Gasteiger partial charge in [-0.05, 0) is 35.6 Å². The zero-order valence-corrected chi connectivity index (χ0v) is 17.2. The summed E-state index contributed by atoms with van der Waals surface area (Å²) in [5.74, 6) is 0.271. The van der Waals surface area contributed by atoms with Crippen LogP contribution in [0.1, 0.15) is 56.5 Å². The molecule has 4 nitrogen and oxygen atoms in total. The van der Waals surface area contributed by atoms with E-state index < -0.39 is 11.7 Å². The Labute approximate surface area is 171 Å². The molecule has 5 rings (SSSR count). The number of anilines is 1. The maximum Gasteiger partial charge on any atom is 0.416 e. The lowest BCUT2D eigenvalue weighted by atomic mass is 9.93. The van der Waals surface area contributed by atoms with Crippen LogP contribution >= 0.6 is 0 Å². The number of nitrogens with one attached hydrogen (secondary N) is 2. The molecule has 4 N–H and O–H groups in total. The van der Waals surface area contributed by atoms with Crippen LogP contribution in [0.3, 0.4) is 0 Å². The van der Waals surface area contributed by atoms with Crippen molar-refractivity contribution >= 4 is 38.4 Å². The molecule has 7 heteroatoms. The number of hydrogen-bond acceptors (Lipinski definition) is 2. The molecule has 1 aliphatic heterocycles. The average molecular weight is 415 g/mol. The number of alkyl halides is 3. The van der Waals surface area contributed by atoms with Gasteiger partial charge in [-0.3, -0.25) is 4.98 Å².